The number of sulfonamides is 1. The fourth-order valence-electron chi connectivity index (χ4n) is 3.71. The molecular formula is C24H25N3O3S. The molecular weight excluding hydrogens is 410 g/mol. The highest BCUT2D eigenvalue weighted by molar-refractivity contribution is 7.90. The van der Waals surface area contributed by atoms with Crippen LogP contribution in [0.25, 0.3) is 10.8 Å². The summed E-state index contributed by atoms with van der Waals surface area (Å²) in [6.07, 6.45) is 3.85. The summed E-state index contributed by atoms with van der Waals surface area (Å²) in [4.78, 5) is 17.0. The van der Waals surface area contributed by atoms with E-state index in [1.807, 2.05) is 42.5 Å². The fourth-order valence-corrected chi connectivity index (χ4v) is 4.80. The Balaban J connectivity index is 1.42. The standard InChI is InChI=1S/C24H25N3O3S/c28-24(17-19-9-6-8-18-7-3-4-10-22(18)19)26-20-12-14-21(15-13-20)31(29,30)27-23-11-2-1-5-16-25-23/h3-4,6-10,12-15H,1-2,5,11,16-17H2,(H,25,27)(H,26,28). The van der Waals surface area contributed by atoms with Gasteiger partial charge in [0.2, 0.25) is 5.91 Å². The van der Waals surface area contributed by atoms with E-state index in [4.69, 9.17) is 0 Å². The minimum Gasteiger partial charge on any atom is -0.326 e. The SMILES string of the molecule is O=C(Cc1cccc2ccccc12)Nc1ccc(S(=O)(=O)NC2=NCCCCC2)cc1. The first-order chi connectivity index (χ1) is 15.0. The van der Waals surface area contributed by atoms with E-state index in [-0.39, 0.29) is 17.2 Å². The summed E-state index contributed by atoms with van der Waals surface area (Å²) in [5.74, 6) is 0.364. The lowest BCUT2D eigenvalue weighted by Crippen LogP contribution is -2.30. The highest BCUT2D eigenvalue weighted by Crippen LogP contribution is 2.20. The average molecular weight is 436 g/mol. The number of aliphatic imine (C=N–C) groups is 1. The number of amides is 1. The Bertz CT molecular complexity index is 1210. The molecule has 0 aliphatic carbocycles. The second kappa shape index (κ2) is 9.31. The number of rotatable bonds is 5. The molecule has 1 amide bonds. The van der Waals surface area contributed by atoms with Gasteiger partial charge < -0.3 is 5.32 Å². The van der Waals surface area contributed by atoms with Gasteiger partial charge in [-0.25, -0.2) is 8.42 Å². The molecule has 0 bridgehead atoms. The van der Waals surface area contributed by atoms with Gasteiger partial charge in [0, 0.05) is 18.7 Å². The number of carbonyl (C=O) groups excluding carboxylic acids is 1. The molecule has 6 nitrogen and oxygen atoms in total. The van der Waals surface area contributed by atoms with Crippen molar-refractivity contribution in [3.05, 3.63) is 72.3 Å². The van der Waals surface area contributed by atoms with Gasteiger partial charge in [0.1, 0.15) is 5.84 Å². The summed E-state index contributed by atoms with van der Waals surface area (Å²) in [6.45, 7) is 0.652. The largest absolute Gasteiger partial charge is 0.326 e. The van der Waals surface area contributed by atoms with E-state index in [0.717, 1.165) is 35.6 Å². The van der Waals surface area contributed by atoms with Gasteiger partial charge in [0.05, 0.1) is 11.3 Å². The molecule has 0 atom stereocenters. The van der Waals surface area contributed by atoms with E-state index in [0.29, 0.717) is 24.5 Å². The normalized spacial score (nSPS) is 14.5. The number of anilines is 1. The third-order valence-corrected chi connectivity index (χ3v) is 6.70. The zero-order valence-corrected chi connectivity index (χ0v) is 18.0. The van der Waals surface area contributed by atoms with Gasteiger partial charge in [-0.05, 0) is 53.4 Å². The Hall–Kier alpha value is -3.19. The van der Waals surface area contributed by atoms with Crippen LogP contribution in [0.2, 0.25) is 0 Å². The van der Waals surface area contributed by atoms with Gasteiger partial charge in [-0.3, -0.25) is 14.5 Å². The smallest absolute Gasteiger partial charge is 0.262 e. The highest BCUT2D eigenvalue weighted by Gasteiger charge is 2.17. The van der Waals surface area contributed by atoms with Crippen LogP contribution in [-0.2, 0) is 21.2 Å². The Morgan fingerprint density at radius 3 is 2.52 bits per heavy atom. The molecule has 0 saturated heterocycles. The van der Waals surface area contributed by atoms with Crippen LogP contribution in [0.5, 0.6) is 0 Å². The van der Waals surface area contributed by atoms with Crippen molar-refractivity contribution in [2.75, 3.05) is 11.9 Å². The van der Waals surface area contributed by atoms with Crippen molar-refractivity contribution < 1.29 is 13.2 Å². The first-order valence-corrected chi connectivity index (χ1v) is 11.9. The number of benzene rings is 3. The van der Waals surface area contributed by atoms with E-state index in [9.17, 15) is 13.2 Å². The van der Waals surface area contributed by atoms with E-state index in [1.54, 1.807) is 12.1 Å². The molecule has 2 N–H and O–H groups in total. The lowest BCUT2D eigenvalue weighted by Gasteiger charge is -2.11. The molecule has 3 aromatic rings. The summed E-state index contributed by atoms with van der Waals surface area (Å²) in [5.41, 5.74) is 1.50. The molecule has 0 radical (unpaired) electrons. The Kier molecular flexibility index (Phi) is 6.32. The van der Waals surface area contributed by atoms with Crippen LogP contribution in [0.4, 0.5) is 5.69 Å². The number of fused-ring (bicyclic) bond motifs is 1. The molecule has 1 aliphatic heterocycles. The summed E-state index contributed by atoms with van der Waals surface area (Å²) in [5, 5.41) is 4.99. The first-order valence-electron chi connectivity index (χ1n) is 10.4. The van der Waals surface area contributed by atoms with Crippen molar-refractivity contribution in [2.24, 2.45) is 4.99 Å². The summed E-state index contributed by atoms with van der Waals surface area (Å²) in [6, 6.07) is 20.0. The molecule has 0 fully saturated rings. The number of carbonyl (C=O) groups is 1. The third-order valence-electron chi connectivity index (χ3n) is 5.31. The number of hydrogen-bond donors (Lipinski definition) is 2. The molecule has 0 aromatic heterocycles. The second-order valence-electron chi connectivity index (χ2n) is 7.63. The van der Waals surface area contributed by atoms with Crippen LogP contribution in [0, 0.1) is 0 Å². The molecule has 31 heavy (non-hydrogen) atoms. The van der Waals surface area contributed by atoms with Gasteiger partial charge >= 0.3 is 0 Å². The minimum atomic E-state index is -3.69. The molecule has 3 aromatic carbocycles. The van der Waals surface area contributed by atoms with Crippen LogP contribution in [0.15, 0.2) is 76.6 Å². The van der Waals surface area contributed by atoms with Gasteiger partial charge in [-0.2, -0.15) is 0 Å². The lowest BCUT2D eigenvalue weighted by molar-refractivity contribution is -0.115. The fraction of sp³-hybridized carbons (Fsp3) is 0.250. The Morgan fingerprint density at radius 1 is 0.903 bits per heavy atom. The molecule has 0 unspecified atom stereocenters. The predicted molar refractivity (Wildman–Crippen MR) is 124 cm³/mol. The van der Waals surface area contributed by atoms with Crippen LogP contribution in [-0.4, -0.2) is 26.7 Å². The second-order valence-corrected chi connectivity index (χ2v) is 9.31. The summed E-state index contributed by atoms with van der Waals surface area (Å²) < 4.78 is 27.9. The maximum atomic E-state index is 12.6. The molecule has 0 spiro atoms. The maximum absolute atomic E-state index is 12.6. The molecule has 1 heterocycles. The topological polar surface area (TPSA) is 87.6 Å². The van der Waals surface area contributed by atoms with Crippen LogP contribution >= 0.6 is 0 Å². The maximum Gasteiger partial charge on any atom is 0.262 e. The first kappa shape index (κ1) is 21.1. The molecule has 1 aliphatic rings. The predicted octanol–water partition coefficient (Wildman–Crippen LogP) is 4.27. The minimum absolute atomic E-state index is 0.145. The quantitative estimate of drug-likeness (QED) is 0.627. The van der Waals surface area contributed by atoms with Gasteiger partial charge in [0.25, 0.3) is 10.0 Å². The van der Waals surface area contributed by atoms with E-state index in [1.165, 1.54) is 12.1 Å². The highest BCUT2D eigenvalue weighted by atomic mass is 32.2. The third kappa shape index (κ3) is 5.30. The molecule has 7 heteroatoms. The number of hydrogen-bond acceptors (Lipinski definition) is 4. The van der Waals surface area contributed by atoms with Crippen LogP contribution < -0.4 is 10.0 Å². The van der Waals surface area contributed by atoms with Gasteiger partial charge in [0.15, 0.2) is 0 Å². The zero-order valence-electron chi connectivity index (χ0n) is 17.2. The van der Waals surface area contributed by atoms with Crippen LogP contribution in [0.3, 0.4) is 0 Å². The van der Waals surface area contributed by atoms with E-state index in [2.05, 4.69) is 15.0 Å². The van der Waals surface area contributed by atoms with Crippen molar-refractivity contribution in [3.8, 4) is 0 Å². The Labute approximate surface area is 182 Å². The Morgan fingerprint density at radius 2 is 1.68 bits per heavy atom. The van der Waals surface area contributed by atoms with Crippen molar-refractivity contribution in [1.29, 1.82) is 0 Å². The summed E-state index contributed by atoms with van der Waals surface area (Å²) in [7, 11) is -3.69. The number of nitrogens with zero attached hydrogens (tertiary/aromatic N) is 1. The van der Waals surface area contributed by atoms with Gasteiger partial charge in [-0.1, -0.05) is 48.9 Å². The van der Waals surface area contributed by atoms with E-state index >= 15 is 0 Å². The molecule has 0 saturated carbocycles. The monoisotopic (exact) mass is 435 g/mol. The van der Waals surface area contributed by atoms with Crippen molar-refractivity contribution in [1.82, 2.24) is 4.72 Å². The van der Waals surface area contributed by atoms with E-state index < -0.39 is 10.0 Å². The molecule has 4 rings (SSSR count). The molecule has 160 valence electrons. The summed E-state index contributed by atoms with van der Waals surface area (Å²) >= 11 is 0. The van der Waals surface area contributed by atoms with Crippen molar-refractivity contribution in [2.45, 2.75) is 37.0 Å². The van der Waals surface area contributed by atoms with Gasteiger partial charge in [-0.15, -0.1) is 0 Å². The van der Waals surface area contributed by atoms with Crippen molar-refractivity contribution >= 4 is 38.2 Å². The number of amidine groups is 1. The van der Waals surface area contributed by atoms with Crippen LogP contribution in [0.1, 0.15) is 31.2 Å². The van der Waals surface area contributed by atoms with Crippen molar-refractivity contribution in [3.63, 3.8) is 0 Å². The zero-order chi connectivity index (χ0) is 21.7. The number of nitrogens with one attached hydrogen (secondary N) is 2. The average Bonchev–Trinajstić information content (AvgIpc) is 3.02. The lowest BCUT2D eigenvalue weighted by atomic mass is 10.0.